The van der Waals surface area contributed by atoms with E-state index in [1.54, 1.807) is 24.3 Å². The van der Waals surface area contributed by atoms with Crippen molar-refractivity contribution < 1.29 is 22.6 Å². The van der Waals surface area contributed by atoms with Gasteiger partial charge in [-0.05, 0) is 24.3 Å². The standard InChI is InChI=1S/C20H15F3N4O2/c1-28-16-9-8-13(10-17(16)29-2)15-11-14(12-6-4-3-5-7-12)24-19-25-18(20(21,22)23)26-27(15)19/h3-11H,1-2H3. The van der Waals surface area contributed by atoms with Crippen molar-refractivity contribution >= 4 is 5.78 Å². The molecule has 0 aliphatic carbocycles. The molecule has 0 N–H and O–H groups in total. The third-order valence-corrected chi connectivity index (χ3v) is 4.31. The van der Waals surface area contributed by atoms with Gasteiger partial charge >= 0.3 is 6.18 Å². The molecule has 29 heavy (non-hydrogen) atoms. The first-order chi connectivity index (χ1) is 13.9. The van der Waals surface area contributed by atoms with Gasteiger partial charge < -0.3 is 9.47 Å². The first-order valence-corrected chi connectivity index (χ1v) is 8.53. The molecule has 0 spiro atoms. The molecule has 0 saturated heterocycles. The van der Waals surface area contributed by atoms with E-state index in [0.717, 1.165) is 10.1 Å². The maximum atomic E-state index is 13.2. The molecule has 4 aromatic rings. The Morgan fingerprint density at radius 1 is 0.828 bits per heavy atom. The minimum atomic E-state index is -4.69. The van der Waals surface area contributed by atoms with Gasteiger partial charge in [0.1, 0.15) is 0 Å². The Hall–Kier alpha value is -3.62. The zero-order valence-corrected chi connectivity index (χ0v) is 15.4. The molecule has 0 radical (unpaired) electrons. The third kappa shape index (κ3) is 3.46. The topological polar surface area (TPSA) is 61.5 Å². The zero-order valence-electron chi connectivity index (χ0n) is 15.4. The molecule has 0 saturated carbocycles. The molecular formula is C20H15F3N4O2. The lowest BCUT2D eigenvalue weighted by molar-refractivity contribution is -0.144. The van der Waals surface area contributed by atoms with Crippen LogP contribution in [0.1, 0.15) is 5.82 Å². The third-order valence-electron chi connectivity index (χ3n) is 4.31. The van der Waals surface area contributed by atoms with Crippen LogP contribution >= 0.6 is 0 Å². The lowest BCUT2D eigenvalue weighted by atomic mass is 10.1. The Morgan fingerprint density at radius 2 is 1.55 bits per heavy atom. The van der Waals surface area contributed by atoms with Crippen LogP contribution < -0.4 is 9.47 Å². The van der Waals surface area contributed by atoms with Gasteiger partial charge in [0.25, 0.3) is 11.6 Å². The summed E-state index contributed by atoms with van der Waals surface area (Å²) in [5.74, 6) is -0.466. The summed E-state index contributed by atoms with van der Waals surface area (Å²) in [5.41, 5.74) is 2.18. The van der Waals surface area contributed by atoms with Crippen molar-refractivity contribution in [2.45, 2.75) is 6.18 Å². The van der Waals surface area contributed by atoms with Crippen LogP contribution in [0, 0.1) is 0 Å². The molecule has 0 unspecified atom stereocenters. The first-order valence-electron chi connectivity index (χ1n) is 8.53. The predicted molar refractivity (Wildman–Crippen MR) is 99.8 cm³/mol. The number of ether oxygens (including phenoxy) is 2. The fraction of sp³-hybridized carbons (Fsp3) is 0.150. The van der Waals surface area contributed by atoms with E-state index in [0.29, 0.717) is 28.5 Å². The van der Waals surface area contributed by atoms with Gasteiger partial charge in [0, 0.05) is 11.1 Å². The molecule has 0 fully saturated rings. The van der Waals surface area contributed by atoms with E-state index in [4.69, 9.17) is 9.47 Å². The van der Waals surface area contributed by atoms with Crippen LogP contribution in [0.4, 0.5) is 13.2 Å². The van der Waals surface area contributed by atoms with Crippen molar-refractivity contribution in [2.24, 2.45) is 0 Å². The van der Waals surface area contributed by atoms with Crippen molar-refractivity contribution in [2.75, 3.05) is 14.2 Å². The fourth-order valence-electron chi connectivity index (χ4n) is 2.95. The van der Waals surface area contributed by atoms with Gasteiger partial charge in [0.2, 0.25) is 0 Å². The maximum Gasteiger partial charge on any atom is 0.453 e. The van der Waals surface area contributed by atoms with E-state index >= 15 is 0 Å². The molecule has 0 bridgehead atoms. The van der Waals surface area contributed by atoms with Gasteiger partial charge in [0.05, 0.1) is 25.6 Å². The lowest BCUT2D eigenvalue weighted by Crippen LogP contribution is -2.08. The van der Waals surface area contributed by atoms with Gasteiger partial charge in [0.15, 0.2) is 11.5 Å². The van der Waals surface area contributed by atoms with Gasteiger partial charge in [-0.2, -0.15) is 22.7 Å². The summed E-state index contributed by atoms with van der Waals surface area (Å²) in [6.45, 7) is 0. The Morgan fingerprint density at radius 3 is 2.21 bits per heavy atom. The summed E-state index contributed by atoms with van der Waals surface area (Å²) in [6.07, 6.45) is -4.69. The van der Waals surface area contributed by atoms with Crippen LogP contribution in [0.5, 0.6) is 11.5 Å². The highest BCUT2D eigenvalue weighted by Crippen LogP contribution is 2.34. The van der Waals surface area contributed by atoms with Crippen molar-refractivity contribution in [3.05, 3.63) is 60.4 Å². The summed E-state index contributed by atoms with van der Waals surface area (Å²) in [7, 11) is 2.99. The van der Waals surface area contributed by atoms with Crippen molar-refractivity contribution in [3.8, 4) is 34.0 Å². The van der Waals surface area contributed by atoms with Crippen LogP contribution in [0.2, 0.25) is 0 Å². The highest BCUT2D eigenvalue weighted by atomic mass is 19.4. The summed E-state index contributed by atoms with van der Waals surface area (Å²) in [6, 6.07) is 15.8. The second-order valence-electron chi connectivity index (χ2n) is 6.11. The second kappa shape index (κ2) is 7.08. The average Bonchev–Trinajstić information content (AvgIpc) is 3.18. The molecule has 2 aromatic heterocycles. The average molecular weight is 400 g/mol. The fourth-order valence-corrected chi connectivity index (χ4v) is 2.95. The van der Waals surface area contributed by atoms with E-state index in [1.807, 2.05) is 30.3 Å². The van der Waals surface area contributed by atoms with Crippen molar-refractivity contribution in [1.29, 1.82) is 0 Å². The Kier molecular flexibility index (Phi) is 4.57. The first kappa shape index (κ1) is 18.7. The number of halogens is 3. The quantitative estimate of drug-likeness (QED) is 0.505. The second-order valence-corrected chi connectivity index (χ2v) is 6.11. The zero-order chi connectivity index (χ0) is 20.6. The highest BCUT2D eigenvalue weighted by Gasteiger charge is 2.37. The SMILES string of the molecule is COc1ccc(-c2cc(-c3ccccc3)nc3nc(C(F)(F)F)nn23)cc1OC. The van der Waals surface area contributed by atoms with Crippen LogP contribution in [0.25, 0.3) is 28.3 Å². The summed E-state index contributed by atoms with van der Waals surface area (Å²) in [5, 5.41) is 3.64. The number of methoxy groups -OCH3 is 2. The molecular weight excluding hydrogens is 385 g/mol. The molecule has 4 rings (SSSR count). The van der Waals surface area contributed by atoms with Crippen LogP contribution in [-0.2, 0) is 6.18 Å². The Bertz CT molecular complexity index is 1170. The molecule has 0 amide bonds. The van der Waals surface area contributed by atoms with Gasteiger partial charge in [-0.15, -0.1) is 5.10 Å². The van der Waals surface area contributed by atoms with Gasteiger partial charge in [-0.3, -0.25) is 0 Å². The number of hydrogen-bond acceptors (Lipinski definition) is 5. The molecule has 6 nitrogen and oxygen atoms in total. The van der Waals surface area contributed by atoms with E-state index in [-0.39, 0.29) is 5.78 Å². The molecule has 0 atom stereocenters. The molecule has 0 aliphatic rings. The van der Waals surface area contributed by atoms with E-state index < -0.39 is 12.0 Å². The van der Waals surface area contributed by atoms with E-state index in [1.165, 1.54) is 14.2 Å². The van der Waals surface area contributed by atoms with Gasteiger partial charge in [-0.25, -0.2) is 4.98 Å². The van der Waals surface area contributed by atoms with Crippen LogP contribution in [0.3, 0.4) is 0 Å². The minimum absolute atomic E-state index is 0.150. The molecule has 148 valence electrons. The normalized spacial score (nSPS) is 11.6. The number of alkyl halides is 3. The number of fused-ring (bicyclic) bond motifs is 1. The number of rotatable bonds is 4. The van der Waals surface area contributed by atoms with Gasteiger partial charge in [-0.1, -0.05) is 30.3 Å². The highest BCUT2D eigenvalue weighted by molar-refractivity contribution is 5.72. The summed E-state index contributed by atoms with van der Waals surface area (Å²) < 4.78 is 51.2. The number of benzene rings is 2. The molecule has 2 heterocycles. The number of nitrogens with zero attached hydrogens (tertiary/aromatic N) is 4. The number of aromatic nitrogens is 4. The van der Waals surface area contributed by atoms with Crippen LogP contribution in [-0.4, -0.2) is 33.8 Å². The predicted octanol–water partition coefficient (Wildman–Crippen LogP) is 4.49. The van der Waals surface area contributed by atoms with Crippen molar-refractivity contribution in [3.63, 3.8) is 0 Å². The van der Waals surface area contributed by atoms with E-state index in [9.17, 15) is 13.2 Å². The largest absolute Gasteiger partial charge is 0.493 e. The summed E-state index contributed by atoms with van der Waals surface area (Å²) in [4.78, 5) is 7.87. The van der Waals surface area contributed by atoms with Crippen LogP contribution in [0.15, 0.2) is 54.6 Å². The van der Waals surface area contributed by atoms with E-state index in [2.05, 4.69) is 15.1 Å². The number of hydrogen-bond donors (Lipinski definition) is 0. The lowest BCUT2D eigenvalue weighted by Gasteiger charge is -2.11. The maximum absolute atomic E-state index is 13.2. The van der Waals surface area contributed by atoms with Crippen molar-refractivity contribution in [1.82, 2.24) is 19.6 Å². The molecule has 2 aromatic carbocycles. The molecule has 0 aliphatic heterocycles. The molecule has 9 heteroatoms. The summed E-state index contributed by atoms with van der Waals surface area (Å²) >= 11 is 0. The Balaban J connectivity index is 1.99. The smallest absolute Gasteiger partial charge is 0.453 e. The minimum Gasteiger partial charge on any atom is -0.493 e. The monoisotopic (exact) mass is 400 g/mol. The Labute approximate surface area is 163 Å².